The second-order valence-electron chi connectivity index (χ2n) is 2.36. The molecule has 1 aromatic rings. The van der Waals surface area contributed by atoms with E-state index >= 15 is 0 Å². The van der Waals surface area contributed by atoms with E-state index in [1.54, 1.807) is 12.1 Å². The van der Waals surface area contributed by atoms with E-state index in [0.29, 0.717) is 16.1 Å². The molecule has 0 unspecified atom stereocenters. The molecule has 2 nitrogen and oxygen atoms in total. The molecule has 0 N–H and O–H groups in total. The van der Waals surface area contributed by atoms with Crippen molar-refractivity contribution in [3.8, 4) is 6.07 Å². The Balaban J connectivity index is 3.25. The third-order valence-corrected chi connectivity index (χ3v) is 1.82. The first kappa shape index (κ1) is 8.76. The Hall–Kier alpha value is -1.33. The van der Waals surface area contributed by atoms with E-state index in [1.165, 1.54) is 13.0 Å². The molecule has 60 valence electrons. The highest BCUT2D eigenvalue weighted by Gasteiger charge is 2.03. The molecule has 12 heavy (non-hydrogen) atoms. The van der Waals surface area contributed by atoms with Gasteiger partial charge in [0.05, 0.1) is 10.6 Å². The van der Waals surface area contributed by atoms with E-state index < -0.39 is 0 Å². The molecule has 0 aliphatic heterocycles. The van der Waals surface area contributed by atoms with Crippen LogP contribution < -0.4 is 0 Å². The van der Waals surface area contributed by atoms with Crippen molar-refractivity contribution >= 4 is 17.4 Å². The number of nitriles is 1. The summed E-state index contributed by atoms with van der Waals surface area (Å²) < 4.78 is 0. The van der Waals surface area contributed by atoms with Crippen molar-refractivity contribution in [2.75, 3.05) is 0 Å². The van der Waals surface area contributed by atoms with Gasteiger partial charge in [-0.3, -0.25) is 4.79 Å². The maximum absolute atomic E-state index is 10.9. The van der Waals surface area contributed by atoms with Gasteiger partial charge in [0.1, 0.15) is 6.07 Å². The van der Waals surface area contributed by atoms with Crippen LogP contribution in [0.2, 0.25) is 5.02 Å². The number of ketones is 1. The van der Waals surface area contributed by atoms with Crippen LogP contribution in [-0.2, 0) is 0 Å². The van der Waals surface area contributed by atoms with Crippen molar-refractivity contribution in [3.05, 3.63) is 34.3 Å². The zero-order chi connectivity index (χ0) is 9.14. The zero-order valence-electron chi connectivity index (χ0n) is 6.47. The van der Waals surface area contributed by atoms with Gasteiger partial charge in [-0.15, -0.1) is 0 Å². The number of carbonyl (C=O) groups excluding carboxylic acids is 1. The Labute approximate surface area is 75.4 Å². The first-order chi connectivity index (χ1) is 5.65. The van der Waals surface area contributed by atoms with Gasteiger partial charge < -0.3 is 0 Å². The molecule has 0 radical (unpaired) electrons. The van der Waals surface area contributed by atoms with Crippen molar-refractivity contribution < 1.29 is 4.79 Å². The Bertz CT molecular complexity index is 365. The topological polar surface area (TPSA) is 40.9 Å². The van der Waals surface area contributed by atoms with Crippen molar-refractivity contribution in [2.45, 2.75) is 6.92 Å². The molecule has 1 rings (SSSR count). The Morgan fingerprint density at radius 2 is 2.25 bits per heavy atom. The molecule has 3 heteroatoms. The first-order valence-electron chi connectivity index (χ1n) is 3.35. The minimum Gasteiger partial charge on any atom is -0.295 e. The van der Waals surface area contributed by atoms with E-state index in [9.17, 15) is 4.79 Å². The highest BCUT2D eigenvalue weighted by atomic mass is 35.5. The number of halogens is 1. The lowest BCUT2D eigenvalue weighted by Crippen LogP contribution is -1.92. The normalized spacial score (nSPS) is 9.08. The zero-order valence-corrected chi connectivity index (χ0v) is 7.22. The summed E-state index contributed by atoms with van der Waals surface area (Å²) in [5, 5.41) is 8.96. The van der Waals surface area contributed by atoms with Gasteiger partial charge in [0.25, 0.3) is 0 Å². The highest BCUT2D eigenvalue weighted by molar-refractivity contribution is 6.31. The summed E-state index contributed by atoms with van der Waals surface area (Å²) in [5.41, 5.74) is 0.848. The standard InChI is InChI=1S/C9H6ClNO/c1-6(12)7-2-3-9(10)8(4-7)5-11/h2-4H,1H3. The molecule has 0 spiro atoms. The van der Waals surface area contributed by atoms with E-state index in [0.717, 1.165) is 0 Å². The monoisotopic (exact) mass is 179 g/mol. The first-order valence-corrected chi connectivity index (χ1v) is 3.73. The van der Waals surface area contributed by atoms with E-state index in [1.807, 2.05) is 6.07 Å². The Kier molecular flexibility index (Phi) is 2.47. The number of nitrogens with zero attached hydrogens (tertiary/aromatic N) is 1. The lowest BCUT2D eigenvalue weighted by molar-refractivity contribution is 0.101. The lowest BCUT2D eigenvalue weighted by Gasteiger charge is -1.97. The van der Waals surface area contributed by atoms with Crippen LogP contribution in [0, 0.1) is 11.3 Å². The van der Waals surface area contributed by atoms with Gasteiger partial charge in [-0.05, 0) is 25.1 Å². The van der Waals surface area contributed by atoms with Crippen LogP contribution in [-0.4, -0.2) is 5.78 Å². The second kappa shape index (κ2) is 3.38. The summed E-state index contributed by atoms with van der Waals surface area (Å²) in [4.78, 5) is 10.9. The molecule has 0 saturated heterocycles. The van der Waals surface area contributed by atoms with Gasteiger partial charge in [-0.25, -0.2) is 0 Å². The fraction of sp³-hybridized carbons (Fsp3) is 0.111. The lowest BCUT2D eigenvalue weighted by atomic mass is 10.1. The number of benzene rings is 1. The van der Waals surface area contributed by atoms with Gasteiger partial charge in [0.2, 0.25) is 0 Å². The van der Waals surface area contributed by atoms with Crippen LogP contribution in [0.15, 0.2) is 18.2 Å². The third-order valence-electron chi connectivity index (χ3n) is 1.49. The molecule has 0 atom stereocenters. The van der Waals surface area contributed by atoms with Crippen LogP contribution in [0.3, 0.4) is 0 Å². The molecule has 0 fully saturated rings. The van der Waals surface area contributed by atoms with Gasteiger partial charge in [0.15, 0.2) is 5.78 Å². The number of carbonyl (C=O) groups is 1. The van der Waals surface area contributed by atoms with Crippen LogP contribution in [0.4, 0.5) is 0 Å². The number of hydrogen-bond donors (Lipinski definition) is 0. The van der Waals surface area contributed by atoms with Crippen LogP contribution in [0.25, 0.3) is 0 Å². The second-order valence-corrected chi connectivity index (χ2v) is 2.77. The predicted octanol–water partition coefficient (Wildman–Crippen LogP) is 2.41. The fourth-order valence-electron chi connectivity index (χ4n) is 0.830. The predicted molar refractivity (Wildman–Crippen MR) is 46.2 cm³/mol. The minimum atomic E-state index is -0.0665. The SMILES string of the molecule is CC(=O)c1ccc(Cl)c(C#N)c1. The summed E-state index contributed by atoms with van der Waals surface area (Å²) in [5.74, 6) is -0.0665. The van der Waals surface area contributed by atoms with E-state index in [2.05, 4.69) is 0 Å². The minimum absolute atomic E-state index is 0.0665. The van der Waals surface area contributed by atoms with Gasteiger partial charge in [0, 0.05) is 5.56 Å². The molecule has 0 aliphatic carbocycles. The molecule has 0 aromatic heterocycles. The van der Waals surface area contributed by atoms with E-state index in [-0.39, 0.29) is 5.78 Å². The number of rotatable bonds is 1. The van der Waals surface area contributed by atoms with Gasteiger partial charge in [-0.2, -0.15) is 5.26 Å². The summed E-state index contributed by atoms with van der Waals surface area (Å²) >= 11 is 5.67. The molecule has 0 aliphatic rings. The molecular formula is C9H6ClNO. The maximum Gasteiger partial charge on any atom is 0.159 e. The summed E-state index contributed by atoms with van der Waals surface area (Å²) in [6.07, 6.45) is 0. The van der Waals surface area contributed by atoms with Crippen molar-refractivity contribution in [3.63, 3.8) is 0 Å². The number of hydrogen-bond acceptors (Lipinski definition) is 2. The van der Waals surface area contributed by atoms with Crippen LogP contribution in [0.5, 0.6) is 0 Å². The molecule has 0 bridgehead atoms. The Morgan fingerprint density at radius 1 is 1.58 bits per heavy atom. The largest absolute Gasteiger partial charge is 0.295 e. The van der Waals surface area contributed by atoms with E-state index in [4.69, 9.17) is 16.9 Å². The summed E-state index contributed by atoms with van der Waals surface area (Å²) in [7, 11) is 0. The quantitative estimate of drug-likeness (QED) is 0.622. The maximum atomic E-state index is 10.9. The number of Topliss-reactive ketones (excluding diaryl/α,β-unsaturated/α-hetero) is 1. The summed E-state index contributed by atoms with van der Waals surface area (Å²) in [6, 6.07) is 6.55. The smallest absolute Gasteiger partial charge is 0.159 e. The van der Waals surface area contributed by atoms with Gasteiger partial charge in [-0.1, -0.05) is 11.6 Å². The molecule has 0 amide bonds. The average Bonchev–Trinajstić information content (AvgIpc) is 2.05. The van der Waals surface area contributed by atoms with Crippen molar-refractivity contribution in [1.82, 2.24) is 0 Å². The van der Waals surface area contributed by atoms with Crippen molar-refractivity contribution in [1.29, 1.82) is 5.26 Å². The van der Waals surface area contributed by atoms with Crippen molar-refractivity contribution in [2.24, 2.45) is 0 Å². The molecule has 1 aromatic carbocycles. The molecule has 0 saturated carbocycles. The average molecular weight is 180 g/mol. The molecule has 0 heterocycles. The summed E-state index contributed by atoms with van der Waals surface area (Å²) in [6.45, 7) is 1.45. The van der Waals surface area contributed by atoms with Gasteiger partial charge >= 0.3 is 0 Å². The fourth-order valence-corrected chi connectivity index (χ4v) is 0.990. The van der Waals surface area contributed by atoms with Crippen LogP contribution in [0.1, 0.15) is 22.8 Å². The highest BCUT2D eigenvalue weighted by Crippen LogP contribution is 2.16. The third kappa shape index (κ3) is 1.63. The Morgan fingerprint density at radius 3 is 2.75 bits per heavy atom. The molecular weight excluding hydrogens is 174 g/mol. The van der Waals surface area contributed by atoms with Crippen LogP contribution >= 0.6 is 11.6 Å².